The quantitative estimate of drug-likeness (QED) is 0.916. The number of halogens is 1. The van der Waals surface area contributed by atoms with E-state index in [1.54, 1.807) is 41.3 Å². The maximum Gasteiger partial charge on any atom is 0.253 e. The fourth-order valence-corrected chi connectivity index (χ4v) is 3.40. The van der Waals surface area contributed by atoms with E-state index in [-0.39, 0.29) is 23.7 Å². The maximum atomic E-state index is 14.0. The van der Waals surface area contributed by atoms with Gasteiger partial charge in [0, 0.05) is 37.2 Å². The van der Waals surface area contributed by atoms with Gasteiger partial charge >= 0.3 is 0 Å². The highest BCUT2D eigenvalue weighted by Gasteiger charge is 2.24. The van der Waals surface area contributed by atoms with Crippen LogP contribution in [0.25, 0.3) is 11.1 Å². The van der Waals surface area contributed by atoms with E-state index in [0.717, 1.165) is 24.0 Å². The Morgan fingerprint density at radius 3 is 2.58 bits per heavy atom. The van der Waals surface area contributed by atoms with Crippen LogP contribution in [0.1, 0.15) is 35.7 Å². The second-order valence-electron chi connectivity index (χ2n) is 6.85. The summed E-state index contributed by atoms with van der Waals surface area (Å²) in [7, 11) is 0. The van der Waals surface area contributed by atoms with Gasteiger partial charge in [0.1, 0.15) is 5.82 Å². The summed E-state index contributed by atoms with van der Waals surface area (Å²) in [6.45, 7) is 4.61. The monoisotopic (exact) mass is 354 g/mol. The molecule has 0 saturated carbocycles. The van der Waals surface area contributed by atoms with Crippen molar-refractivity contribution >= 4 is 11.8 Å². The van der Waals surface area contributed by atoms with Gasteiger partial charge in [0.25, 0.3) is 5.91 Å². The van der Waals surface area contributed by atoms with Crippen molar-refractivity contribution in [1.29, 1.82) is 0 Å². The summed E-state index contributed by atoms with van der Waals surface area (Å²) < 4.78 is 14.0. The zero-order chi connectivity index (χ0) is 18.7. The zero-order valence-corrected chi connectivity index (χ0v) is 15.1. The second kappa shape index (κ2) is 7.68. The minimum atomic E-state index is -0.274. The number of rotatable bonds is 3. The average molecular weight is 354 g/mol. The number of hydrogen-bond acceptors (Lipinski definition) is 2. The Kier molecular flexibility index (Phi) is 5.35. The van der Waals surface area contributed by atoms with Crippen molar-refractivity contribution in [2.75, 3.05) is 13.1 Å². The Morgan fingerprint density at radius 2 is 1.88 bits per heavy atom. The number of benzene rings is 2. The third-order valence-corrected chi connectivity index (χ3v) is 4.68. The van der Waals surface area contributed by atoms with Crippen LogP contribution in [0.3, 0.4) is 0 Å². The van der Waals surface area contributed by atoms with Gasteiger partial charge in [0.2, 0.25) is 5.91 Å². The summed E-state index contributed by atoms with van der Waals surface area (Å²) in [5, 5.41) is 2.89. The van der Waals surface area contributed by atoms with Gasteiger partial charge in [-0.05, 0) is 49.6 Å². The molecule has 1 N–H and O–H groups in total. The van der Waals surface area contributed by atoms with E-state index in [1.807, 2.05) is 6.92 Å². The van der Waals surface area contributed by atoms with E-state index in [9.17, 15) is 14.0 Å². The van der Waals surface area contributed by atoms with Crippen molar-refractivity contribution in [3.05, 3.63) is 59.4 Å². The number of amides is 2. The molecule has 3 rings (SSSR count). The van der Waals surface area contributed by atoms with Gasteiger partial charge in [-0.3, -0.25) is 9.59 Å². The minimum absolute atomic E-state index is 0.00543. The fraction of sp³-hybridized carbons (Fsp3) is 0.333. The molecule has 0 aromatic heterocycles. The van der Waals surface area contributed by atoms with Crippen molar-refractivity contribution in [3.8, 4) is 11.1 Å². The van der Waals surface area contributed by atoms with Crippen LogP contribution in [0.5, 0.6) is 0 Å². The summed E-state index contributed by atoms with van der Waals surface area (Å²) in [6, 6.07) is 12.0. The van der Waals surface area contributed by atoms with E-state index in [1.165, 1.54) is 13.0 Å². The van der Waals surface area contributed by atoms with Gasteiger partial charge in [0.15, 0.2) is 0 Å². The molecule has 0 bridgehead atoms. The molecule has 2 aromatic carbocycles. The number of carbonyl (C=O) groups is 2. The summed E-state index contributed by atoms with van der Waals surface area (Å²) >= 11 is 0. The van der Waals surface area contributed by atoms with Gasteiger partial charge in [0.05, 0.1) is 0 Å². The molecule has 26 heavy (non-hydrogen) atoms. The Balaban J connectivity index is 1.74. The summed E-state index contributed by atoms with van der Waals surface area (Å²) in [5.41, 5.74) is 2.84. The summed E-state index contributed by atoms with van der Waals surface area (Å²) in [5.74, 6) is -0.408. The van der Waals surface area contributed by atoms with Gasteiger partial charge < -0.3 is 10.2 Å². The molecule has 0 radical (unpaired) electrons. The van der Waals surface area contributed by atoms with E-state index in [0.29, 0.717) is 24.2 Å². The van der Waals surface area contributed by atoms with Crippen LogP contribution < -0.4 is 5.32 Å². The van der Waals surface area contributed by atoms with Crippen LogP contribution in [0.15, 0.2) is 42.5 Å². The average Bonchev–Trinajstić information content (AvgIpc) is 2.63. The number of hydrogen-bond donors (Lipinski definition) is 1. The Bertz CT molecular complexity index is 817. The number of carbonyl (C=O) groups excluding carboxylic acids is 2. The molecule has 136 valence electrons. The highest BCUT2D eigenvalue weighted by molar-refractivity contribution is 5.95. The first-order valence-electron chi connectivity index (χ1n) is 8.87. The fourth-order valence-electron chi connectivity index (χ4n) is 3.40. The maximum absolute atomic E-state index is 14.0. The van der Waals surface area contributed by atoms with Gasteiger partial charge in [-0.1, -0.05) is 23.8 Å². The van der Waals surface area contributed by atoms with E-state index in [2.05, 4.69) is 5.32 Å². The van der Waals surface area contributed by atoms with E-state index >= 15 is 0 Å². The molecule has 0 unspecified atom stereocenters. The number of piperidine rings is 1. The van der Waals surface area contributed by atoms with Crippen molar-refractivity contribution in [2.45, 2.75) is 32.7 Å². The number of nitrogens with one attached hydrogen (secondary N) is 1. The highest BCUT2D eigenvalue weighted by Crippen LogP contribution is 2.25. The van der Waals surface area contributed by atoms with Crippen LogP contribution in [0, 0.1) is 12.7 Å². The molecule has 1 aliphatic heterocycles. The molecule has 1 fully saturated rings. The van der Waals surface area contributed by atoms with Crippen LogP contribution in [-0.4, -0.2) is 35.8 Å². The lowest BCUT2D eigenvalue weighted by atomic mass is 10.0. The van der Waals surface area contributed by atoms with Crippen molar-refractivity contribution < 1.29 is 14.0 Å². The van der Waals surface area contributed by atoms with Crippen molar-refractivity contribution in [3.63, 3.8) is 0 Å². The lowest BCUT2D eigenvalue weighted by molar-refractivity contribution is -0.120. The SMILES string of the molecule is CC(=O)N[C@H]1CCCN(C(=O)c2ccc(-c3cc(C)ccc3F)cc2)C1. The van der Waals surface area contributed by atoms with Crippen LogP contribution in [-0.2, 0) is 4.79 Å². The minimum Gasteiger partial charge on any atom is -0.352 e. The number of nitrogens with zero attached hydrogens (tertiary/aromatic N) is 1. The second-order valence-corrected chi connectivity index (χ2v) is 6.85. The molecular formula is C21H23FN2O2. The van der Waals surface area contributed by atoms with E-state index in [4.69, 9.17) is 0 Å². The zero-order valence-electron chi connectivity index (χ0n) is 15.1. The highest BCUT2D eigenvalue weighted by atomic mass is 19.1. The normalized spacial score (nSPS) is 17.0. The standard InChI is InChI=1S/C21H23FN2O2/c1-14-5-10-20(22)19(12-14)16-6-8-17(9-7-16)21(26)24-11-3-4-18(13-24)23-15(2)25/h5-10,12,18H,3-4,11,13H2,1-2H3,(H,23,25)/t18-/m0/s1. The number of likely N-dealkylation sites (tertiary alicyclic amines) is 1. The molecule has 1 atom stereocenters. The Hall–Kier alpha value is -2.69. The largest absolute Gasteiger partial charge is 0.352 e. The topological polar surface area (TPSA) is 49.4 Å². The third-order valence-electron chi connectivity index (χ3n) is 4.68. The van der Waals surface area contributed by atoms with Gasteiger partial charge in [-0.15, -0.1) is 0 Å². The molecule has 0 aliphatic carbocycles. The summed E-state index contributed by atoms with van der Waals surface area (Å²) in [4.78, 5) is 25.7. The lowest BCUT2D eigenvalue weighted by Crippen LogP contribution is -2.49. The molecule has 2 aromatic rings. The first kappa shape index (κ1) is 18.1. The Morgan fingerprint density at radius 1 is 1.15 bits per heavy atom. The first-order valence-corrected chi connectivity index (χ1v) is 8.87. The van der Waals surface area contributed by atoms with Crippen LogP contribution in [0.4, 0.5) is 4.39 Å². The molecule has 2 amide bonds. The number of aryl methyl sites for hydroxylation is 1. The van der Waals surface area contributed by atoms with Crippen molar-refractivity contribution in [2.24, 2.45) is 0 Å². The molecule has 4 nitrogen and oxygen atoms in total. The molecule has 1 aliphatic rings. The third kappa shape index (κ3) is 4.10. The van der Waals surface area contributed by atoms with Crippen LogP contribution >= 0.6 is 0 Å². The molecule has 1 heterocycles. The van der Waals surface area contributed by atoms with E-state index < -0.39 is 0 Å². The van der Waals surface area contributed by atoms with Crippen LogP contribution in [0.2, 0.25) is 0 Å². The Labute approximate surface area is 153 Å². The lowest BCUT2D eigenvalue weighted by Gasteiger charge is -2.33. The predicted octanol–water partition coefficient (Wildman–Crippen LogP) is 3.54. The molecule has 1 saturated heterocycles. The smallest absolute Gasteiger partial charge is 0.253 e. The van der Waals surface area contributed by atoms with Crippen molar-refractivity contribution in [1.82, 2.24) is 10.2 Å². The molecular weight excluding hydrogens is 331 g/mol. The predicted molar refractivity (Wildman–Crippen MR) is 99.3 cm³/mol. The first-order chi connectivity index (χ1) is 12.4. The van der Waals surface area contributed by atoms with Gasteiger partial charge in [-0.2, -0.15) is 0 Å². The molecule has 5 heteroatoms. The van der Waals surface area contributed by atoms with Gasteiger partial charge in [-0.25, -0.2) is 4.39 Å². The summed E-state index contributed by atoms with van der Waals surface area (Å²) in [6.07, 6.45) is 1.75. The molecule has 0 spiro atoms.